The third-order valence-corrected chi connectivity index (χ3v) is 3.85. The van der Waals surface area contributed by atoms with Crippen LogP contribution in [-0.2, 0) is 0 Å². The molecule has 0 amide bonds. The van der Waals surface area contributed by atoms with Crippen LogP contribution in [0.5, 0.6) is 0 Å². The second kappa shape index (κ2) is 8.08. The Bertz CT molecular complexity index is 166. The number of rotatable bonds is 8. The molecule has 0 radical (unpaired) electrons. The molecule has 2 N–H and O–H groups in total. The van der Waals surface area contributed by atoms with E-state index in [1.54, 1.807) is 0 Å². The van der Waals surface area contributed by atoms with Crippen LogP contribution in [0.3, 0.4) is 0 Å². The van der Waals surface area contributed by atoms with E-state index in [9.17, 15) is 5.11 Å². The van der Waals surface area contributed by atoms with Gasteiger partial charge in [-0.15, -0.1) is 0 Å². The lowest BCUT2D eigenvalue weighted by atomic mass is 9.99. The van der Waals surface area contributed by atoms with Gasteiger partial charge in [-0.3, -0.25) is 0 Å². The molecule has 1 aliphatic carbocycles. The molecule has 1 aliphatic rings. The van der Waals surface area contributed by atoms with E-state index in [0.29, 0.717) is 6.04 Å². The minimum absolute atomic E-state index is 0.131. The summed E-state index contributed by atoms with van der Waals surface area (Å²) < 4.78 is 0. The van der Waals surface area contributed by atoms with Crippen molar-refractivity contribution in [2.45, 2.75) is 77.4 Å². The van der Waals surface area contributed by atoms with Gasteiger partial charge in [0.1, 0.15) is 0 Å². The molecule has 1 rings (SSSR count). The highest BCUT2D eigenvalue weighted by molar-refractivity contribution is 4.74. The summed E-state index contributed by atoms with van der Waals surface area (Å²) in [6, 6.07) is 0.600. The van der Waals surface area contributed by atoms with Gasteiger partial charge in [0.05, 0.1) is 6.10 Å². The molecule has 0 bridgehead atoms. The maximum absolute atomic E-state index is 9.96. The molecule has 0 aromatic heterocycles. The number of aliphatic hydroxyl groups excluding tert-OH is 1. The first-order valence-corrected chi connectivity index (χ1v) is 7.17. The Hall–Kier alpha value is -0.0800. The fourth-order valence-electron chi connectivity index (χ4n) is 2.82. The Morgan fingerprint density at radius 2 is 1.94 bits per heavy atom. The summed E-state index contributed by atoms with van der Waals surface area (Å²) in [7, 11) is 0. The van der Waals surface area contributed by atoms with Crippen molar-refractivity contribution in [2.24, 2.45) is 5.92 Å². The molecule has 0 saturated heterocycles. The van der Waals surface area contributed by atoms with E-state index < -0.39 is 0 Å². The lowest BCUT2D eigenvalue weighted by molar-refractivity contribution is 0.136. The van der Waals surface area contributed by atoms with E-state index in [4.69, 9.17) is 0 Å². The third kappa shape index (κ3) is 5.31. The number of nitrogens with one attached hydrogen (secondary N) is 1. The first-order valence-electron chi connectivity index (χ1n) is 7.17. The normalized spacial score (nSPS) is 21.2. The zero-order chi connectivity index (χ0) is 11.8. The van der Waals surface area contributed by atoms with Crippen molar-refractivity contribution in [2.75, 3.05) is 6.54 Å². The lowest BCUT2D eigenvalue weighted by Gasteiger charge is -2.20. The zero-order valence-electron chi connectivity index (χ0n) is 11.0. The summed E-state index contributed by atoms with van der Waals surface area (Å²) in [4.78, 5) is 0. The monoisotopic (exact) mass is 227 g/mol. The minimum atomic E-state index is -0.131. The van der Waals surface area contributed by atoms with E-state index in [1.165, 1.54) is 44.9 Å². The van der Waals surface area contributed by atoms with Crippen LogP contribution in [0.4, 0.5) is 0 Å². The Morgan fingerprint density at radius 1 is 1.25 bits per heavy atom. The largest absolute Gasteiger partial charge is 0.392 e. The van der Waals surface area contributed by atoms with Crippen LogP contribution in [0.25, 0.3) is 0 Å². The van der Waals surface area contributed by atoms with E-state index >= 15 is 0 Å². The Labute approximate surface area is 101 Å². The van der Waals surface area contributed by atoms with Gasteiger partial charge in [-0.1, -0.05) is 46.0 Å². The SMILES string of the molecule is CCCC(CC)NCC(O)CC1CCCC1. The zero-order valence-corrected chi connectivity index (χ0v) is 11.0. The fourth-order valence-corrected chi connectivity index (χ4v) is 2.82. The molecule has 0 aromatic carbocycles. The van der Waals surface area contributed by atoms with Crippen molar-refractivity contribution >= 4 is 0 Å². The second-order valence-electron chi connectivity index (χ2n) is 5.34. The summed E-state index contributed by atoms with van der Waals surface area (Å²) in [5.74, 6) is 0.794. The average molecular weight is 227 g/mol. The Morgan fingerprint density at radius 3 is 2.50 bits per heavy atom. The quantitative estimate of drug-likeness (QED) is 0.668. The molecule has 16 heavy (non-hydrogen) atoms. The van der Waals surface area contributed by atoms with Gasteiger partial charge in [-0.25, -0.2) is 0 Å². The summed E-state index contributed by atoms with van der Waals surface area (Å²) in [5, 5.41) is 13.5. The molecule has 1 fully saturated rings. The minimum Gasteiger partial charge on any atom is -0.392 e. The van der Waals surface area contributed by atoms with E-state index in [-0.39, 0.29) is 6.10 Å². The Kier molecular flexibility index (Phi) is 7.06. The summed E-state index contributed by atoms with van der Waals surface area (Å²) in [6.07, 6.45) is 9.92. The van der Waals surface area contributed by atoms with Gasteiger partial charge in [0.2, 0.25) is 0 Å². The van der Waals surface area contributed by atoms with Crippen LogP contribution < -0.4 is 5.32 Å². The number of hydrogen-bond acceptors (Lipinski definition) is 2. The first-order chi connectivity index (χ1) is 7.76. The Balaban J connectivity index is 2.10. The van der Waals surface area contributed by atoms with Crippen LogP contribution in [0.15, 0.2) is 0 Å². The molecular weight excluding hydrogens is 198 g/mol. The smallest absolute Gasteiger partial charge is 0.0667 e. The molecule has 0 heterocycles. The highest BCUT2D eigenvalue weighted by Crippen LogP contribution is 2.28. The topological polar surface area (TPSA) is 32.3 Å². The molecule has 2 nitrogen and oxygen atoms in total. The molecule has 0 spiro atoms. The van der Waals surface area contributed by atoms with Gasteiger partial charge in [0.15, 0.2) is 0 Å². The molecular formula is C14H29NO. The molecule has 0 aliphatic heterocycles. The van der Waals surface area contributed by atoms with Crippen molar-refractivity contribution in [3.63, 3.8) is 0 Å². The third-order valence-electron chi connectivity index (χ3n) is 3.85. The highest BCUT2D eigenvalue weighted by atomic mass is 16.3. The molecule has 2 atom stereocenters. The van der Waals surface area contributed by atoms with Gasteiger partial charge >= 0.3 is 0 Å². The number of hydrogen-bond donors (Lipinski definition) is 2. The first kappa shape index (κ1) is 14.0. The predicted molar refractivity (Wildman–Crippen MR) is 69.6 cm³/mol. The van der Waals surface area contributed by atoms with E-state index in [2.05, 4.69) is 19.2 Å². The lowest BCUT2D eigenvalue weighted by Crippen LogP contribution is -2.35. The molecule has 1 saturated carbocycles. The van der Waals surface area contributed by atoms with E-state index in [1.807, 2.05) is 0 Å². The summed E-state index contributed by atoms with van der Waals surface area (Å²) in [6.45, 7) is 5.23. The molecule has 0 aromatic rings. The van der Waals surface area contributed by atoms with Gasteiger partial charge in [0.25, 0.3) is 0 Å². The van der Waals surface area contributed by atoms with Crippen molar-refractivity contribution < 1.29 is 5.11 Å². The van der Waals surface area contributed by atoms with Crippen LogP contribution in [0.1, 0.15) is 65.2 Å². The van der Waals surface area contributed by atoms with Crippen LogP contribution in [0.2, 0.25) is 0 Å². The fraction of sp³-hybridized carbons (Fsp3) is 1.00. The van der Waals surface area contributed by atoms with Gasteiger partial charge in [-0.2, -0.15) is 0 Å². The average Bonchev–Trinajstić information content (AvgIpc) is 2.76. The van der Waals surface area contributed by atoms with E-state index in [0.717, 1.165) is 18.9 Å². The van der Waals surface area contributed by atoms with Crippen molar-refractivity contribution in [1.82, 2.24) is 5.32 Å². The van der Waals surface area contributed by atoms with Gasteiger partial charge < -0.3 is 10.4 Å². The van der Waals surface area contributed by atoms with Crippen LogP contribution >= 0.6 is 0 Å². The van der Waals surface area contributed by atoms with Gasteiger partial charge in [0, 0.05) is 12.6 Å². The van der Waals surface area contributed by atoms with Crippen LogP contribution in [-0.4, -0.2) is 23.8 Å². The molecule has 2 unspecified atom stereocenters. The van der Waals surface area contributed by atoms with Crippen molar-refractivity contribution in [1.29, 1.82) is 0 Å². The predicted octanol–water partition coefficient (Wildman–Crippen LogP) is 3.10. The number of aliphatic hydroxyl groups is 1. The highest BCUT2D eigenvalue weighted by Gasteiger charge is 2.19. The maximum atomic E-state index is 9.96. The maximum Gasteiger partial charge on any atom is 0.0667 e. The summed E-state index contributed by atoms with van der Waals surface area (Å²) in [5.41, 5.74) is 0. The molecule has 2 heteroatoms. The second-order valence-corrected chi connectivity index (χ2v) is 5.34. The van der Waals surface area contributed by atoms with Crippen molar-refractivity contribution in [3.05, 3.63) is 0 Å². The van der Waals surface area contributed by atoms with Crippen LogP contribution in [0, 0.1) is 5.92 Å². The molecule has 96 valence electrons. The van der Waals surface area contributed by atoms with Crippen molar-refractivity contribution in [3.8, 4) is 0 Å². The van der Waals surface area contributed by atoms with Gasteiger partial charge in [-0.05, 0) is 25.2 Å². The summed E-state index contributed by atoms with van der Waals surface area (Å²) >= 11 is 0. The standard InChI is InChI=1S/C14H29NO/c1-3-7-13(4-2)15-11-14(16)10-12-8-5-6-9-12/h12-16H,3-11H2,1-2H3.